The first kappa shape index (κ1) is 18.0. The number of carbonyl (C=O) groups excluding carboxylic acids is 2. The molecule has 0 bridgehead atoms. The molecule has 0 saturated carbocycles. The number of hydrogen-bond acceptors (Lipinski definition) is 5. The second-order valence-corrected chi connectivity index (χ2v) is 6.55. The number of piperidine rings is 1. The number of benzene rings is 1. The Morgan fingerprint density at radius 3 is 2.42 bits per heavy atom. The molecule has 1 aliphatic heterocycles. The molecule has 0 atom stereocenters. The zero-order valence-corrected chi connectivity index (χ0v) is 15.2. The van der Waals surface area contributed by atoms with E-state index in [-0.39, 0.29) is 12.5 Å². The van der Waals surface area contributed by atoms with Crippen molar-refractivity contribution in [3.05, 3.63) is 47.4 Å². The second-order valence-electron chi connectivity index (χ2n) is 6.55. The number of aryl methyl sites for hydroxylation is 2. The van der Waals surface area contributed by atoms with Crippen LogP contribution in [0.2, 0.25) is 0 Å². The topological polar surface area (TPSA) is 71.8 Å². The Bertz CT molecular complexity index is 774. The normalized spacial score (nSPS) is 14.2. The maximum absolute atomic E-state index is 12.0. The van der Waals surface area contributed by atoms with Crippen LogP contribution in [0.15, 0.2) is 34.7 Å². The number of esters is 1. The molecule has 1 N–H and O–H groups in total. The van der Waals surface area contributed by atoms with E-state index in [1.807, 2.05) is 24.3 Å². The Balaban J connectivity index is 1.50. The highest BCUT2D eigenvalue weighted by atomic mass is 16.5. The molecule has 6 heteroatoms. The number of furan rings is 1. The summed E-state index contributed by atoms with van der Waals surface area (Å²) in [6, 6.07) is 9.35. The lowest BCUT2D eigenvalue weighted by Crippen LogP contribution is -2.29. The minimum atomic E-state index is -0.560. The molecule has 2 aromatic rings. The predicted molar refractivity (Wildman–Crippen MR) is 99.6 cm³/mol. The van der Waals surface area contributed by atoms with Crippen LogP contribution in [0, 0.1) is 13.8 Å². The average molecular weight is 356 g/mol. The van der Waals surface area contributed by atoms with E-state index in [1.54, 1.807) is 19.9 Å². The van der Waals surface area contributed by atoms with Crippen molar-refractivity contribution in [1.29, 1.82) is 0 Å². The van der Waals surface area contributed by atoms with E-state index in [0.29, 0.717) is 22.8 Å². The highest BCUT2D eigenvalue weighted by Gasteiger charge is 2.16. The number of hydrogen-bond donors (Lipinski definition) is 1. The van der Waals surface area contributed by atoms with Crippen LogP contribution in [-0.4, -0.2) is 31.6 Å². The van der Waals surface area contributed by atoms with Crippen molar-refractivity contribution < 1.29 is 18.7 Å². The summed E-state index contributed by atoms with van der Waals surface area (Å²) in [5.74, 6) is 0.186. The highest BCUT2D eigenvalue weighted by molar-refractivity contribution is 5.96. The van der Waals surface area contributed by atoms with Crippen molar-refractivity contribution in [2.45, 2.75) is 33.1 Å². The van der Waals surface area contributed by atoms with E-state index in [9.17, 15) is 9.59 Å². The summed E-state index contributed by atoms with van der Waals surface area (Å²) in [6.45, 7) is 5.26. The van der Waals surface area contributed by atoms with E-state index >= 15 is 0 Å². The molecule has 0 unspecified atom stereocenters. The summed E-state index contributed by atoms with van der Waals surface area (Å²) in [4.78, 5) is 26.3. The number of amides is 1. The van der Waals surface area contributed by atoms with Crippen LogP contribution >= 0.6 is 0 Å². The number of nitrogens with one attached hydrogen (secondary N) is 1. The van der Waals surface area contributed by atoms with Gasteiger partial charge in [0, 0.05) is 24.5 Å². The van der Waals surface area contributed by atoms with Gasteiger partial charge in [-0.15, -0.1) is 0 Å². The summed E-state index contributed by atoms with van der Waals surface area (Å²) in [5.41, 5.74) is 2.20. The summed E-state index contributed by atoms with van der Waals surface area (Å²) < 4.78 is 10.3. The fourth-order valence-electron chi connectivity index (χ4n) is 3.15. The Labute approximate surface area is 153 Å². The zero-order chi connectivity index (χ0) is 18.5. The maximum Gasteiger partial charge on any atom is 0.342 e. The molecule has 138 valence electrons. The zero-order valence-electron chi connectivity index (χ0n) is 15.2. The number of carbonyl (C=O) groups is 2. The lowest BCUT2D eigenvalue weighted by atomic mass is 10.1. The van der Waals surface area contributed by atoms with Gasteiger partial charge in [-0.05, 0) is 63.4 Å². The molecular formula is C20H24N2O4. The van der Waals surface area contributed by atoms with Gasteiger partial charge in [0.25, 0.3) is 5.91 Å². The van der Waals surface area contributed by atoms with Crippen molar-refractivity contribution in [3.63, 3.8) is 0 Å². The van der Waals surface area contributed by atoms with Gasteiger partial charge < -0.3 is 19.4 Å². The minimum absolute atomic E-state index is 0.337. The van der Waals surface area contributed by atoms with Crippen LogP contribution in [0.1, 0.15) is 41.1 Å². The van der Waals surface area contributed by atoms with Crippen molar-refractivity contribution in [2.75, 3.05) is 29.9 Å². The standard InChI is InChI=1S/C20H24N2O4/c1-14-12-18(15(2)26-14)20(24)25-13-19(23)21-16-6-8-17(9-7-16)22-10-4-3-5-11-22/h6-9,12H,3-5,10-11,13H2,1-2H3,(H,21,23). The number of ether oxygens (including phenoxy) is 1. The van der Waals surface area contributed by atoms with Gasteiger partial charge in [-0.1, -0.05) is 0 Å². The molecule has 6 nitrogen and oxygen atoms in total. The Hall–Kier alpha value is -2.76. The van der Waals surface area contributed by atoms with Crippen LogP contribution in [0.3, 0.4) is 0 Å². The van der Waals surface area contributed by atoms with Gasteiger partial charge in [0.1, 0.15) is 17.1 Å². The first-order valence-electron chi connectivity index (χ1n) is 8.92. The third-order valence-corrected chi connectivity index (χ3v) is 4.47. The summed E-state index contributed by atoms with van der Waals surface area (Å²) in [5, 5.41) is 2.74. The molecule has 1 aromatic carbocycles. The monoisotopic (exact) mass is 356 g/mol. The van der Waals surface area contributed by atoms with Crippen LogP contribution < -0.4 is 10.2 Å². The summed E-state index contributed by atoms with van der Waals surface area (Å²) in [7, 11) is 0. The van der Waals surface area contributed by atoms with Crippen molar-refractivity contribution in [2.24, 2.45) is 0 Å². The fourth-order valence-corrected chi connectivity index (χ4v) is 3.15. The van der Waals surface area contributed by atoms with E-state index in [1.165, 1.54) is 24.9 Å². The summed E-state index contributed by atoms with van der Waals surface area (Å²) >= 11 is 0. The van der Waals surface area contributed by atoms with Crippen LogP contribution in [0.25, 0.3) is 0 Å². The third-order valence-electron chi connectivity index (χ3n) is 4.47. The van der Waals surface area contributed by atoms with Gasteiger partial charge in [-0.2, -0.15) is 0 Å². The van der Waals surface area contributed by atoms with Gasteiger partial charge >= 0.3 is 5.97 Å². The Morgan fingerprint density at radius 1 is 1.12 bits per heavy atom. The molecule has 1 fully saturated rings. The second kappa shape index (κ2) is 8.08. The van der Waals surface area contributed by atoms with Gasteiger partial charge in [-0.25, -0.2) is 4.79 Å². The molecule has 26 heavy (non-hydrogen) atoms. The lowest BCUT2D eigenvalue weighted by Gasteiger charge is -2.28. The predicted octanol–water partition coefficient (Wildman–Crippen LogP) is 3.68. The average Bonchev–Trinajstić information content (AvgIpc) is 2.99. The first-order valence-corrected chi connectivity index (χ1v) is 8.92. The molecule has 3 rings (SSSR count). The molecule has 1 aromatic heterocycles. The Kier molecular flexibility index (Phi) is 5.61. The first-order chi connectivity index (χ1) is 12.5. The maximum atomic E-state index is 12.0. The Morgan fingerprint density at radius 2 is 1.81 bits per heavy atom. The molecule has 1 saturated heterocycles. The molecule has 1 amide bonds. The van der Waals surface area contributed by atoms with Crippen molar-refractivity contribution in [3.8, 4) is 0 Å². The van der Waals surface area contributed by atoms with Gasteiger partial charge in [-0.3, -0.25) is 4.79 Å². The highest BCUT2D eigenvalue weighted by Crippen LogP contribution is 2.21. The van der Waals surface area contributed by atoms with Gasteiger partial charge in [0.2, 0.25) is 0 Å². The van der Waals surface area contributed by atoms with Crippen LogP contribution in [0.4, 0.5) is 11.4 Å². The molecule has 2 heterocycles. The lowest BCUT2D eigenvalue weighted by molar-refractivity contribution is -0.119. The van der Waals surface area contributed by atoms with Crippen LogP contribution in [0.5, 0.6) is 0 Å². The smallest absolute Gasteiger partial charge is 0.342 e. The molecule has 0 radical (unpaired) electrons. The molecule has 1 aliphatic rings. The summed E-state index contributed by atoms with van der Waals surface area (Å²) in [6.07, 6.45) is 3.74. The molecule has 0 spiro atoms. The quantitative estimate of drug-likeness (QED) is 0.828. The molecule has 0 aliphatic carbocycles. The van der Waals surface area contributed by atoms with E-state index in [4.69, 9.17) is 9.15 Å². The third kappa shape index (κ3) is 4.45. The van der Waals surface area contributed by atoms with E-state index in [2.05, 4.69) is 10.2 Å². The number of nitrogens with zero attached hydrogens (tertiary/aromatic N) is 1. The minimum Gasteiger partial charge on any atom is -0.466 e. The van der Waals surface area contributed by atoms with Gasteiger partial charge in [0.15, 0.2) is 6.61 Å². The van der Waals surface area contributed by atoms with E-state index in [0.717, 1.165) is 13.1 Å². The molecular weight excluding hydrogens is 332 g/mol. The SMILES string of the molecule is Cc1cc(C(=O)OCC(=O)Nc2ccc(N3CCCCC3)cc2)c(C)o1. The van der Waals surface area contributed by atoms with Crippen molar-refractivity contribution >= 4 is 23.3 Å². The number of anilines is 2. The van der Waals surface area contributed by atoms with Crippen LogP contribution in [-0.2, 0) is 9.53 Å². The van der Waals surface area contributed by atoms with E-state index < -0.39 is 5.97 Å². The van der Waals surface area contributed by atoms with Crippen molar-refractivity contribution in [1.82, 2.24) is 0 Å². The number of rotatable bonds is 5. The largest absolute Gasteiger partial charge is 0.466 e. The fraction of sp³-hybridized carbons (Fsp3) is 0.400. The van der Waals surface area contributed by atoms with Gasteiger partial charge in [0.05, 0.1) is 0 Å².